The molecular formula is C20H18FN7O3. The summed E-state index contributed by atoms with van der Waals surface area (Å²) in [4.78, 5) is 28.4. The maximum absolute atomic E-state index is 14.8. The number of aryl methyl sites for hydroxylation is 1. The Kier molecular flexibility index (Phi) is 5.17. The number of aromatic nitrogens is 5. The summed E-state index contributed by atoms with van der Waals surface area (Å²) < 4.78 is 17.4. The first-order chi connectivity index (χ1) is 14.9. The molecule has 4 aromatic rings. The fourth-order valence-electron chi connectivity index (χ4n) is 3.20. The highest BCUT2D eigenvalue weighted by Gasteiger charge is 2.20. The van der Waals surface area contributed by atoms with Crippen molar-refractivity contribution in [1.82, 2.24) is 24.4 Å². The van der Waals surface area contributed by atoms with E-state index in [1.807, 2.05) is 0 Å². The van der Waals surface area contributed by atoms with Crippen LogP contribution in [0.5, 0.6) is 0 Å². The number of fused-ring (bicyclic) bond motifs is 1. The van der Waals surface area contributed by atoms with Crippen LogP contribution in [0.15, 0.2) is 42.6 Å². The van der Waals surface area contributed by atoms with Gasteiger partial charge in [-0.3, -0.25) is 9.59 Å². The molecule has 0 bridgehead atoms. The number of hydrogen-bond donors (Lipinski definition) is 3. The second kappa shape index (κ2) is 7.95. The highest BCUT2D eigenvalue weighted by molar-refractivity contribution is 6.07. The molecule has 0 aliphatic heterocycles. The van der Waals surface area contributed by atoms with Crippen molar-refractivity contribution in [3.8, 4) is 11.4 Å². The zero-order chi connectivity index (χ0) is 22.1. The fraction of sp³-hybridized carbons (Fsp3) is 0.150. The Morgan fingerprint density at radius 2 is 2.03 bits per heavy atom. The lowest BCUT2D eigenvalue weighted by atomic mass is 10.1. The van der Waals surface area contributed by atoms with Crippen molar-refractivity contribution in [2.45, 2.75) is 20.0 Å². The molecule has 0 fully saturated rings. The number of hydrogen-bond acceptors (Lipinski definition) is 6. The van der Waals surface area contributed by atoms with Gasteiger partial charge in [-0.25, -0.2) is 18.6 Å². The van der Waals surface area contributed by atoms with Crippen LogP contribution in [-0.4, -0.2) is 41.4 Å². The van der Waals surface area contributed by atoms with Crippen LogP contribution >= 0.6 is 0 Å². The number of halogens is 1. The third kappa shape index (κ3) is 3.85. The molecule has 31 heavy (non-hydrogen) atoms. The van der Waals surface area contributed by atoms with Crippen molar-refractivity contribution < 1.29 is 19.1 Å². The van der Waals surface area contributed by atoms with Gasteiger partial charge in [-0.05, 0) is 25.1 Å². The summed E-state index contributed by atoms with van der Waals surface area (Å²) in [6.07, 6.45) is 1.61. The smallest absolute Gasteiger partial charge is 0.325 e. The lowest BCUT2D eigenvalue weighted by Gasteiger charge is -2.10. The van der Waals surface area contributed by atoms with Crippen molar-refractivity contribution in [2.75, 3.05) is 5.32 Å². The van der Waals surface area contributed by atoms with Crippen molar-refractivity contribution in [3.63, 3.8) is 0 Å². The Morgan fingerprint density at radius 3 is 2.77 bits per heavy atom. The molecule has 3 heterocycles. The predicted molar refractivity (Wildman–Crippen MR) is 109 cm³/mol. The molecule has 158 valence electrons. The number of amides is 1. The number of rotatable bonds is 6. The third-order valence-electron chi connectivity index (χ3n) is 4.57. The molecule has 0 unspecified atom stereocenters. The summed E-state index contributed by atoms with van der Waals surface area (Å²) in [6, 6.07) is 9.57. The molecule has 0 radical (unpaired) electrons. The van der Waals surface area contributed by atoms with Crippen LogP contribution in [0.4, 0.5) is 10.2 Å². The van der Waals surface area contributed by atoms with E-state index >= 15 is 0 Å². The van der Waals surface area contributed by atoms with Gasteiger partial charge in [0.25, 0.3) is 5.91 Å². The van der Waals surface area contributed by atoms with Gasteiger partial charge in [0.2, 0.25) is 0 Å². The number of benzene rings is 1. The van der Waals surface area contributed by atoms with Gasteiger partial charge in [-0.1, -0.05) is 12.1 Å². The normalized spacial score (nSPS) is 11.1. The highest BCUT2D eigenvalue weighted by atomic mass is 19.1. The van der Waals surface area contributed by atoms with Gasteiger partial charge in [0, 0.05) is 24.4 Å². The van der Waals surface area contributed by atoms with Gasteiger partial charge in [0.1, 0.15) is 18.2 Å². The Morgan fingerprint density at radius 1 is 1.23 bits per heavy atom. The molecular weight excluding hydrogens is 405 g/mol. The molecule has 1 aromatic carbocycles. The predicted octanol–water partition coefficient (Wildman–Crippen LogP) is 1.84. The minimum absolute atomic E-state index is 0.00565. The van der Waals surface area contributed by atoms with E-state index in [2.05, 4.69) is 20.5 Å². The van der Waals surface area contributed by atoms with Crippen molar-refractivity contribution >= 4 is 23.2 Å². The Bertz CT molecular complexity index is 1310. The van der Waals surface area contributed by atoms with Crippen LogP contribution in [0, 0.1) is 12.7 Å². The van der Waals surface area contributed by atoms with Gasteiger partial charge in [0.15, 0.2) is 11.5 Å². The molecule has 10 nitrogen and oxygen atoms in total. The lowest BCUT2D eigenvalue weighted by molar-refractivity contribution is -0.137. The van der Waals surface area contributed by atoms with E-state index < -0.39 is 24.2 Å². The number of nitrogens with zero attached hydrogens (tertiary/aromatic N) is 5. The molecule has 3 aromatic heterocycles. The minimum atomic E-state index is -1.10. The molecule has 4 rings (SSSR count). The highest BCUT2D eigenvalue weighted by Crippen LogP contribution is 2.24. The van der Waals surface area contributed by atoms with E-state index in [-0.39, 0.29) is 29.4 Å². The van der Waals surface area contributed by atoms with E-state index in [0.29, 0.717) is 16.8 Å². The molecule has 1 amide bonds. The topological polar surface area (TPSA) is 140 Å². The maximum atomic E-state index is 14.8. The summed E-state index contributed by atoms with van der Waals surface area (Å²) in [5.41, 5.74) is 6.93. The molecule has 0 saturated heterocycles. The minimum Gasteiger partial charge on any atom is -0.480 e. The number of carboxylic acids is 1. The Balaban J connectivity index is 1.77. The van der Waals surface area contributed by atoms with Crippen LogP contribution in [0.3, 0.4) is 0 Å². The van der Waals surface area contributed by atoms with Crippen LogP contribution < -0.4 is 11.1 Å². The first-order valence-corrected chi connectivity index (χ1v) is 9.28. The zero-order valence-electron chi connectivity index (χ0n) is 16.4. The summed E-state index contributed by atoms with van der Waals surface area (Å²) in [5, 5.41) is 20.1. The SMILES string of the molecule is Cc1cc(NC(=O)c2nc(-c3cccc(CN)c3F)nn3cccc23)n(CC(=O)O)n1. The van der Waals surface area contributed by atoms with Crippen molar-refractivity contribution in [1.29, 1.82) is 0 Å². The average Bonchev–Trinajstić information content (AvgIpc) is 3.33. The number of carbonyl (C=O) groups is 2. The van der Waals surface area contributed by atoms with Gasteiger partial charge in [-0.15, -0.1) is 5.10 Å². The standard InChI is InChI=1S/C20H18FN7O3/c1-11-8-15(28(25-11)10-16(29)30)23-20(31)18-14-6-3-7-27(14)26-19(24-18)13-5-2-4-12(9-22)17(13)21/h2-8H,9-10,22H2,1H3,(H,23,31)(H,29,30). The summed E-state index contributed by atoms with van der Waals surface area (Å²) in [6.45, 7) is 1.26. The molecule has 11 heteroatoms. The monoisotopic (exact) mass is 423 g/mol. The second-order valence-electron chi connectivity index (χ2n) is 6.78. The number of nitrogens with two attached hydrogens (primary N) is 1. The van der Waals surface area contributed by atoms with Gasteiger partial charge in [-0.2, -0.15) is 5.10 Å². The Hall–Kier alpha value is -4.12. The van der Waals surface area contributed by atoms with E-state index in [0.717, 1.165) is 4.68 Å². The van der Waals surface area contributed by atoms with Crippen molar-refractivity contribution in [2.24, 2.45) is 5.73 Å². The molecule has 4 N–H and O–H groups in total. The molecule has 0 aliphatic carbocycles. The first-order valence-electron chi connectivity index (χ1n) is 9.28. The van der Waals surface area contributed by atoms with Crippen molar-refractivity contribution in [3.05, 3.63) is 65.4 Å². The van der Waals surface area contributed by atoms with Crippen LogP contribution in [0.2, 0.25) is 0 Å². The molecule has 0 saturated carbocycles. The number of anilines is 1. The fourth-order valence-corrected chi connectivity index (χ4v) is 3.20. The van der Waals surface area contributed by atoms with Gasteiger partial charge in [0.05, 0.1) is 16.8 Å². The number of nitrogens with one attached hydrogen (secondary N) is 1. The summed E-state index contributed by atoms with van der Waals surface area (Å²) in [7, 11) is 0. The lowest BCUT2D eigenvalue weighted by Crippen LogP contribution is -2.20. The zero-order valence-corrected chi connectivity index (χ0v) is 16.4. The van der Waals surface area contributed by atoms with E-state index in [4.69, 9.17) is 10.8 Å². The average molecular weight is 423 g/mol. The van der Waals surface area contributed by atoms with E-state index in [9.17, 15) is 14.0 Å². The Labute approximate surface area is 175 Å². The van der Waals surface area contributed by atoms with Crippen LogP contribution in [0.25, 0.3) is 16.9 Å². The summed E-state index contributed by atoms with van der Waals surface area (Å²) in [5.74, 6) is -2.07. The summed E-state index contributed by atoms with van der Waals surface area (Å²) >= 11 is 0. The maximum Gasteiger partial charge on any atom is 0.325 e. The molecule has 0 atom stereocenters. The van der Waals surface area contributed by atoms with Crippen LogP contribution in [-0.2, 0) is 17.9 Å². The quantitative estimate of drug-likeness (QED) is 0.430. The first kappa shape index (κ1) is 20.2. The number of aliphatic carboxylic acids is 1. The van der Waals surface area contributed by atoms with Gasteiger partial charge >= 0.3 is 5.97 Å². The second-order valence-corrected chi connectivity index (χ2v) is 6.78. The molecule has 0 spiro atoms. The number of carboxylic acid groups (broad SMARTS) is 1. The number of carbonyl (C=O) groups excluding carboxylic acids is 1. The van der Waals surface area contributed by atoms with Crippen LogP contribution in [0.1, 0.15) is 21.7 Å². The van der Waals surface area contributed by atoms with E-state index in [1.165, 1.54) is 10.6 Å². The third-order valence-corrected chi connectivity index (χ3v) is 4.57. The largest absolute Gasteiger partial charge is 0.480 e. The van der Waals surface area contributed by atoms with E-state index in [1.54, 1.807) is 43.5 Å². The molecule has 0 aliphatic rings. The van der Waals surface area contributed by atoms with Gasteiger partial charge < -0.3 is 16.2 Å².